The monoisotopic (exact) mass is 253 g/mol. The Bertz CT molecular complexity index is 361. The van der Waals surface area contributed by atoms with Gasteiger partial charge in [-0.05, 0) is 18.4 Å². The highest BCUT2D eigenvalue weighted by molar-refractivity contribution is 7.89. The van der Waals surface area contributed by atoms with Gasteiger partial charge in [0.2, 0.25) is 10.0 Å². The molecule has 1 N–H and O–H groups in total. The van der Waals surface area contributed by atoms with Gasteiger partial charge in [0, 0.05) is 10.8 Å². The molecule has 0 saturated carbocycles. The van der Waals surface area contributed by atoms with Crippen LogP contribution in [0.2, 0.25) is 0 Å². The topological polar surface area (TPSA) is 46.2 Å². The van der Waals surface area contributed by atoms with Crippen LogP contribution in [-0.2, 0) is 10.0 Å². The Kier molecular flexibility index (Phi) is 4.37. The molecule has 1 aromatic heterocycles. The van der Waals surface area contributed by atoms with E-state index in [1.165, 1.54) is 11.3 Å². The van der Waals surface area contributed by atoms with Gasteiger partial charge in [0.05, 0.1) is 11.8 Å². The summed E-state index contributed by atoms with van der Waals surface area (Å²) in [5.41, 5.74) is 0. The molecule has 0 spiro atoms. The summed E-state index contributed by atoms with van der Waals surface area (Å²) >= 11 is 6.91. The average molecular weight is 254 g/mol. The maximum absolute atomic E-state index is 11.3. The normalized spacial score (nSPS) is 14.1. The Hall–Kier alpha value is -0.100. The van der Waals surface area contributed by atoms with Crippen LogP contribution in [0.4, 0.5) is 0 Å². The molecule has 0 fully saturated rings. The standard InChI is InChI=1S/C8H12ClNO2S2/c1-7(8-3-2-5-13-8)10-14(11,12)6-4-9/h2-3,5,7,10H,4,6H2,1H3/t7-/m1/s1. The summed E-state index contributed by atoms with van der Waals surface area (Å²) < 4.78 is 25.2. The number of alkyl halides is 1. The van der Waals surface area contributed by atoms with E-state index in [1.54, 1.807) is 0 Å². The highest BCUT2D eigenvalue weighted by Gasteiger charge is 2.15. The Morgan fingerprint density at radius 3 is 2.86 bits per heavy atom. The van der Waals surface area contributed by atoms with Crippen LogP contribution in [0.3, 0.4) is 0 Å². The lowest BCUT2D eigenvalue weighted by Gasteiger charge is -2.11. The van der Waals surface area contributed by atoms with E-state index < -0.39 is 10.0 Å². The fourth-order valence-corrected chi connectivity index (χ4v) is 3.43. The van der Waals surface area contributed by atoms with E-state index >= 15 is 0 Å². The zero-order valence-corrected chi connectivity index (χ0v) is 10.1. The van der Waals surface area contributed by atoms with Gasteiger partial charge in [-0.2, -0.15) is 0 Å². The van der Waals surface area contributed by atoms with Gasteiger partial charge >= 0.3 is 0 Å². The second-order valence-electron chi connectivity index (χ2n) is 2.86. The summed E-state index contributed by atoms with van der Waals surface area (Å²) in [7, 11) is -3.23. The van der Waals surface area contributed by atoms with Crippen LogP contribution in [0, 0.1) is 0 Å². The molecule has 0 unspecified atom stereocenters. The van der Waals surface area contributed by atoms with E-state index in [0.717, 1.165) is 4.88 Å². The first-order chi connectivity index (χ1) is 6.55. The van der Waals surface area contributed by atoms with Crippen molar-refractivity contribution in [3.05, 3.63) is 22.4 Å². The minimum atomic E-state index is -3.23. The smallest absolute Gasteiger partial charge is 0.212 e. The molecule has 0 aliphatic carbocycles. The number of hydrogen-bond donors (Lipinski definition) is 1. The first kappa shape index (κ1) is 12.0. The number of nitrogens with one attached hydrogen (secondary N) is 1. The Morgan fingerprint density at radius 1 is 1.64 bits per heavy atom. The van der Waals surface area contributed by atoms with Gasteiger partial charge in [-0.3, -0.25) is 0 Å². The van der Waals surface area contributed by atoms with Crippen molar-refractivity contribution in [2.45, 2.75) is 13.0 Å². The van der Waals surface area contributed by atoms with Gasteiger partial charge < -0.3 is 0 Å². The molecule has 6 heteroatoms. The zero-order chi connectivity index (χ0) is 10.6. The van der Waals surface area contributed by atoms with E-state index in [0.29, 0.717) is 0 Å². The molecule has 14 heavy (non-hydrogen) atoms. The van der Waals surface area contributed by atoms with Crippen LogP contribution in [0.15, 0.2) is 17.5 Å². The van der Waals surface area contributed by atoms with Crippen molar-refractivity contribution in [1.82, 2.24) is 4.72 Å². The van der Waals surface area contributed by atoms with Crippen LogP contribution in [0.25, 0.3) is 0 Å². The molecule has 0 amide bonds. The Morgan fingerprint density at radius 2 is 2.36 bits per heavy atom. The fourth-order valence-electron chi connectivity index (χ4n) is 1.03. The second-order valence-corrected chi connectivity index (χ2v) is 6.09. The molecule has 1 rings (SSSR count). The Balaban J connectivity index is 2.61. The molecule has 1 atom stereocenters. The molecule has 1 heterocycles. The van der Waals surface area contributed by atoms with Crippen molar-refractivity contribution in [3.63, 3.8) is 0 Å². The van der Waals surface area contributed by atoms with Crippen LogP contribution in [0.1, 0.15) is 17.8 Å². The third-order valence-corrected chi connectivity index (χ3v) is 4.59. The number of thiophene rings is 1. The predicted molar refractivity (Wildman–Crippen MR) is 60.4 cm³/mol. The van der Waals surface area contributed by atoms with Gasteiger partial charge in [-0.25, -0.2) is 13.1 Å². The van der Waals surface area contributed by atoms with Crippen molar-refractivity contribution >= 4 is 33.0 Å². The molecule has 0 saturated heterocycles. The first-order valence-electron chi connectivity index (χ1n) is 4.14. The third kappa shape index (κ3) is 3.57. The van der Waals surface area contributed by atoms with Gasteiger partial charge in [-0.1, -0.05) is 6.07 Å². The molecule has 80 valence electrons. The molecule has 0 radical (unpaired) electrons. The predicted octanol–water partition coefficient (Wildman–Crippen LogP) is 1.97. The van der Waals surface area contributed by atoms with Crippen molar-refractivity contribution in [1.29, 1.82) is 0 Å². The SMILES string of the molecule is C[C@@H](NS(=O)(=O)CCCl)c1cccs1. The summed E-state index contributed by atoms with van der Waals surface area (Å²) in [6, 6.07) is 3.62. The number of halogens is 1. The Labute approximate surface area is 93.1 Å². The zero-order valence-electron chi connectivity index (χ0n) is 7.73. The molecule has 0 aromatic carbocycles. The minimum absolute atomic E-state index is 0.0374. The van der Waals surface area contributed by atoms with Crippen LogP contribution in [-0.4, -0.2) is 20.1 Å². The second kappa shape index (κ2) is 5.11. The number of sulfonamides is 1. The van der Waals surface area contributed by atoms with Crippen molar-refractivity contribution < 1.29 is 8.42 Å². The highest BCUT2D eigenvalue weighted by atomic mass is 35.5. The van der Waals surface area contributed by atoms with Crippen LogP contribution >= 0.6 is 22.9 Å². The van der Waals surface area contributed by atoms with E-state index in [1.807, 2.05) is 24.4 Å². The van der Waals surface area contributed by atoms with Crippen LogP contribution in [0.5, 0.6) is 0 Å². The molecule has 0 bridgehead atoms. The van der Waals surface area contributed by atoms with Gasteiger partial charge in [0.1, 0.15) is 0 Å². The number of hydrogen-bond acceptors (Lipinski definition) is 3. The van der Waals surface area contributed by atoms with E-state index in [9.17, 15) is 8.42 Å². The molecular formula is C8H12ClNO2S2. The summed E-state index contributed by atoms with van der Waals surface area (Å²) in [5, 5.41) is 1.92. The summed E-state index contributed by atoms with van der Waals surface area (Å²) in [6.45, 7) is 1.82. The third-order valence-electron chi connectivity index (χ3n) is 1.67. The van der Waals surface area contributed by atoms with Gasteiger partial charge in [0.25, 0.3) is 0 Å². The lowest BCUT2D eigenvalue weighted by atomic mass is 10.3. The van der Waals surface area contributed by atoms with Gasteiger partial charge in [-0.15, -0.1) is 22.9 Å². The highest BCUT2D eigenvalue weighted by Crippen LogP contribution is 2.18. The lowest BCUT2D eigenvalue weighted by molar-refractivity contribution is 0.570. The maximum atomic E-state index is 11.3. The molecule has 1 aromatic rings. The molecule has 3 nitrogen and oxygen atoms in total. The average Bonchev–Trinajstić information content (AvgIpc) is 2.53. The van der Waals surface area contributed by atoms with E-state index in [2.05, 4.69) is 4.72 Å². The van der Waals surface area contributed by atoms with Crippen molar-refractivity contribution in [2.75, 3.05) is 11.6 Å². The lowest BCUT2D eigenvalue weighted by Crippen LogP contribution is -2.29. The van der Waals surface area contributed by atoms with Gasteiger partial charge in [0.15, 0.2) is 0 Å². The summed E-state index contributed by atoms with van der Waals surface area (Å²) in [6.07, 6.45) is 0. The summed E-state index contributed by atoms with van der Waals surface area (Å²) in [5.74, 6) is 0.0801. The molecular weight excluding hydrogens is 242 g/mol. The maximum Gasteiger partial charge on any atom is 0.213 e. The van der Waals surface area contributed by atoms with Crippen LogP contribution < -0.4 is 4.72 Å². The fraction of sp³-hybridized carbons (Fsp3) is 0.500. The minimum Gasteiger partial charge on any atom is -0.212 e. The molecule has 0 aliphatic rings. The summed E-state index contributed by atoms with van der Waals surface area (Å²) in [4.78, 5) is 1.00. The largest absolute Gasteiger partial charge is 0.213 e. The quantitative estimate of drug-likeness (QED) is 0.816. The van der Waals surface area contributed by atoms with E-state index in [4.69, 9.17) is 11.6 Å². The van der Waals surface area contributed by atoms with E-state index in [-0.39, 0.29) is 17.7 Å². The van der Waals surface area contributed by atoms with Crippen molar-refractivity contribution in [3.8, 4) is 0 Å². The molecule has 0 aliphatic heterocycles. The van der Waals surface area contributed by atoms with Crippen molar-refractivity contribution in [2.24, 2.45) is 0 Å². The first-order valence-corrected chi connectivity index (χ1v) is 7.21. The number of rotatable bonds is 5.